The van der Waals surface area contributed by atoms with E-state index in [1.807, 2.05) is 13.8 Å². The Morgan fingerprint density at radius 2 is 1.85 bits per heavy atom. The number of amides is 1. The van der Waals surface area contributed by atoms with E-state index in [0.717, 1.165) is 12.8 Å². The summed E-state index contributed by atoms with van der Waals surface area (Å²) in [6, 6.07) is 0.133. The molecule has 1 N–H and O–H groups in total. The summed E-state index contributed by atoms with van der Waals surface area (Å²) in [5.74, 6) is -0.00415. The van der Waals surface area contributed by atoms with Gasteiger partial charge in [-0.1, -0.05) is 39.0 Å². The molecule has 20 heavy (non-hydrogen) atoms. The number of carboxylic acids is 1. The van der Waals surface area contributed by atoms with Crippen LogP contribution in [0.5, 0.6) is 0 Å². The van der Waals surface area contributed by atoms with E-state index >= 15 is 0 Å². The Kier molecular flexibility index (Phi) is 7.63. The predicted octanol–water partition coefficient (Wildman–Crippen LogP) is 3.45. The third-order valence-corrected chi connectivity index (χ3v) is 4.50. The minimum atomic E-state index is -0.835. The van der Waals surface area contributed by atoms with E-state index < -0.39 is 5.97 Å². The molecule has 0 aromatic carbocycles. The highest BCUT2D eigenvalue weighted by molar-refractivity contribution is 5.77. The Hall–Kier alpha value is -1.06. The summed E-state index contributed by atoms with van der Waals surface area (Å²) < 4.78 is 0. The number of nitrogens with zero attached hydrogens (tertiary/aromatic N) is 1. The van der Waals surface area contributed by atoms with Gasteiger partial charge in [-0.05, 0) is 25.7 Å². The van der Waals surface area contributed by atoms with Crippen molar-refractivity contribution in [3.05, 3.63) is 0 Å². The first-order chi connectivity index (χ1) is 9.54. The molecule has 0 bridgehead atoms. The number of carbonyl (C=O) groups excluding carboxylic acids is 1. The fourth-order valence-electron chi connectivity index (χ4n) is 2.97. The molecule has 4 heteroatoms. The van der Waals surface area contributed by atoms with Gasteiger partial charge in [0.15, 0.2) is 0 Å². The molecule has 1 unspecified atom stereocenters. The fraction of sp³-hybridized carbons (Fsp3) is 0.875. The third kappa shape index (κ3) is 5.93. The predicted molar refractivity (Wildman–Crippen MR) is 79.5 cm³/mol. The Labute approximate surface area is 122 Å². The SMILES string of the molecule is CCC(C)N(CCC(=O)O)C(=O)CCC1CCCCC1. The first kappa shape index (κ1) is 17.0. The zero-order valence-electron chi connectivity index (χ0n) is 12.9. The first-order valence-electron chi connectivity index (χ1n) is 8.05. The van der Waals surface area contributed by atoms with Crippen LogP contribution in [0.15, 0.2) is 0 Å². The van der Waals surface area contributed by atoms with Crippen molar-refractivity contribution in [2.45, 2.75) is 77.7 Å². The van der Waals surface area contributed by atoms with Gasteiger partial charge in [0.25, 0.3) is 0 Å². The van der Waals surface area contributed by atoms with Gasteiger partial charge in [0.1, 0.15) is 0 Å². The number of carboxylic acid groups (broad SMARTS) is 1. The molecule has 0 saturated heterocycles. The Bertz CT molecular complexity index is 311. The second kappa shape index (κ2) is 8.98. The van der Waals surface area contributed by atoms with E-state index in [-0.39, 0.29) is 18.4 Å². The second-order valence-electron chi connectivity index (χ2n) is 6.03. The van der Waals surface area contributed by atoms with Crippen molar-refractivity contribution in [1.29, 1.82) is 0 Å². The quantitative estimate of drug-likeness (QED) is 0.742. The number of hydrogen-bond donors (Lipinski definition) is 1. The van der Waals surface area contributed by atoms with Crippen LogP contribution in [0.4, 0.5) is 0 Å². The summed E-state index contributed by atoms with van der Waals surface area (Å²) in [7, 11) is 0. The minimum Gasteiger partial charge on any atom is -0.481 e. The van der Waals surface area contributed by atoms with Gasteiger partial charge < -0.3 is 10.0 Å². The van der Waals surface area contributed by atoms with Crippen molar-refractivity contribution in [1.82, 2.24) is 4.90 Å². The molecule has 1 atom stereocenters. The van der Waals surface area contributed by atoms with E-state index in [9.17, 15) is 9.59 Å². The summed E-state index contributed by atoms with van der Waals surface area (Å²) in [6.07, 6.45) is 8.90. The number of rotatable bonds is 8. The van der Waals surface area contributed by atoms with Crippen molar-refractivity contribution in [2.24, 2.45) is 5.92 Å². The van der Waals surface area contributed by atoms with Gasteiger partial charge >= 0.3 is 5.97 Å². The molecule has 1 saturated carbocycles. The molecule has 0 radical (unpaired) electrons. The van der Waals surface area contributed by atoms with Crippen molar-refractivity contribution >= 4 is 11.9 Å². The van der Waals surface area contributed by atoms with Gasteiger partial charge in [-0.25, -0.2) is 0 Å². The molecule has 1 aliphatic carbocycles. The van der Waals surface area contributed by atoms with Gasteiger partial charge in [-0.15, -0.1) is 0 Å². The summed E-state index contributed by atoms with van der Waals surface area (Å²) in [5, 5.41) is 8.79. The van der Waals surface area contributed by atoms with Gasteiger partial charge in [-0.3, -0.25) is 9.59 Å². The van der Waals surface area contributed by atoms with Crippen molar-refractivity contribution < 1.29 is 14.7 Å². The van der Waals surface area contributed by atoms with E-state index in [4.69, 9.17) is 5.11 Å². The van der Waals surface area contributed by atoms with Gasteiger partial charge in [0.05, 0.1) is 6.42 Å². The molecular weight excluding hydrogens is 254 g/mol. The van der Waals surface area contributed by atoms with E-state index in [0.29, 0.717) is 18.9 Å². The molecule has 1 rings (SSSR count). The van der Waals surface area contributed by atoms with Crippen LogP contribution in [0, 0.1) is 5.92 Å². The molecule has 1 aliphatic rings. The lowest BCUT2D eigenvalue weighted by Gasteiger charge is -2.29. The normalized spacial score (nSPS) is 17.7. The highest BCUT2D eigenvalue weighted by atomic mass is 16.4. The highest BCUT2D eigenvalue weighted by Crippen LogP contribution is 2.27. The topological polar surface area (TPSA) is 57.6 Å². The second-order valence-corrected chi connectivity index (χ2v) is 6.03. The van der Waals surface area contributed by atoms with Gasteiger partial charge in [0.2, 0.25) is 5.91 Å². The molecule has 0 aliphatic heterocycles. The molecule has 116 valence electrons. The van der Waals surface area contributed by atoms with Crippen molar-refractivity contribution in [3.8, 4) is 0 Å². The lowest BCUT2D eigenvalue weighted by molar-refractivity contribution is -0.139. The van der Waals surface area contributed by atoms with Crippen LogP contribution in [-0.4, -0.2) is 34.5 Å². The summed E-state index contributed by atoms with van der Waals surface area (Å²) in [4.78, 5) is 24.8. The van der Waals surface area contributed by atoms with Crippen LogP contribution in [0.1, 0.15) is 71.6 Å². The van der Waals surface area contributed by atoms with Crippen LogP contribution in [0.3, 0.4) is 0 Å². The maximum Gasteiger partial charge on any atom is 0.305 e. The zero-order valence-corrected chi connectivity index (χ0v) is 12.9. The molecule has 0 aromatic rings. The van der Waals surface area contributed by atoms with Gasteiger partial charge in [0, 0.05) is 19.0 Å². The fourth-order valence-corrected chi connectivity index (χ4v) is 2.97. The number of carbonyl (C=O) groups is 2. The molecule has 0 spiro atoms. The molecule has 0 heterocycles. The van der Waals surface area contributed by atoms with Crippen LogP contribution < -0.4 is 0 Å². The molecule has 4 nitrogen and oxygen atoms in total. The van der Waals surface area contributed by atoms with Crippen LogP contribution in [-0.2, 0) is 9.59 Å². The van der Waals surface area contributed by atoms with Gasteiger partial charge in [-0.2, -0.15) is 0 Å². The number of aliphatic carboxylic acids is 1. The van der Waals surface area contributed by atoms with Crippen LogP contribution >= 0.6 is 0 Å². The number of hydrogen-bond acceptors (Lipinski definition) is 2. The maximum atomic E-state index is 12.3. The first-order valence-corrected chi connectivity index (χ1v) is 8.05. The standard InChI is InChI=1S/C16H29NO3/c1-3-13(2)17(12-11-16(19)20)15(18)10-9-14-7-5-4-6-8-14/h13-14H,3-12H2,1-2H3,(H,19,20). The zero-order chi connectivity index (χ0) is 15.0. The Morgan fingerprint density at radius 1 is 1.20 bits per heavy atom. The van der Waals surface area contributed by atoms with Crippen LogP contribution in [0.25, 0.3) is 0 Å². The molecule has 1 amide bonds. The average molecular weight is 283 g/mol. The molecule has 0 aromatic heterocycles. The Balaban J connectivity index is 2.42. The summed E-state index contributed by atoms with van der Waals surface area (Å²) in [5.41, 5.74) is 0. The van der Waals surface area contributed by atoms with Crippen molar-refractivity contribution in [3.63, 3.8) is 0 Å². The monoisotopic (exact) mass is 283 g/mol. The van der Waals surface area contributed by atoms with E-state index in [1.165, 1.54) is 32.1 Å². The third-order valence-electron chi connectivity index (χ3n) is 4.50. The Morgan fingerprint density at radius 3 is 2.40 bits per heavy atom. The average Bonchev–Trinajstić information content (AvgIpc) is 2.45. The summed E-state index contributed by atoms with van der Waals surface area (Å²) >= 11 is 0. The van der Waals surface area contributed by atoms with Crippen molar-refractivity contribution in [2.75, 3.05) is 6.54 Å². The highest BCUT2D eigenvalue weighted by Gasteiger charge is 2.21. The van der Waals surface area contributed by atoms with E-state index in [2.05, 4.69) is 0 Å². The molecule has 1 fully saturated rings. The van der Waals surface area contributed by atoms with E-state index in [1.54, 1.807) is 4.90 Å². The molecular formula is C16H29NO3. The lowest BCUT2D eigenvalue weighted by Crippen LogP contribution is -2.39. The smallest absolute Gasteiger partial charge is 0.305 e. The largest absolute Gasteiger partial charge is 0.481 e. The lowest BCUT2D eigenvalue weighted by atomic mass is 9.86. The minimum absolute atomic E-state index is 0.0412. The maximum absolute atomic E-state index is 12.3. The van der Waals surface area contributed by atoms with Crippen LogP contribution in [0.2, 0.25) is 0 Å². The summed E-state index contributed by atoms with van der Waals surface area (Å²) in [6.45, 7) is 4.38.